The molecule has 0 radical (unpaired) electrons. The summed E-state index contributed by atoms with van der Waals surface area (Å²) in [6.45, 7) is 5.77. The maximum Gasteiger partial charge on any atom is 0.166 e. The molecule has 19 heavy (non-hydrogen) atoms. The molecule has 0 aromatic heterocycles. The summed E-state index contributed by atoms with van der Waals surface area (Å²) >= 11 is 0. The lowest BCUT2D eigenvalue weighted by atomic mass is 9.96. The number of benzene rings is 2. The number of carbonyl (C=O) groups is 1. The number of Topliss-reactive ketones (excluding diaryl/α,β-unsaturated/α-hetero) is 1. The van der Waals surface area contributed by atoms with E-state index in [4.69, 9.17) is 0 Å². The van der Waals surface area contributed by atoms with Crippen LogP contribution >= 0.6 is 0 Å². The van der Waals surface area contributed by atoms with E-state index < -0.39 is 0 Å². The zero-order chi connectivity index (χ0) is 13.4. The molecule has 1 unspecified atom stereocenters. The van der Waals surface area contributed by atoms with Crippen molar-refractivity contribution in [2.24, 2.45) is 5.92 Å². The second-order valence-electron chi connectivity index (χ2n) is 5.13. The van der Waals surface area contributed by atoms with Crippen LogP contribution in [0.3, 0.4) is 0 Å². The average Bonchev–Trinajstić information content (AvgIpc) is 2.75. The van der Waals surface area contributed by atoms with E-state index in [1.165, 1.54) is 16.7 Å². The van der Waals surface area contributed by atoms with E-state index in [1.54, 1.807) is 0 Å². The Morgan fingerprint density at radius 1 is 1.11 bits per heavy atom. The zero-order valence-electron chi connectivity index (χ0n) is 11.0. The van der Waals surface area contributed by atoms with Gasteiger partial charge in [-0.1, -0.05) is 62.0 Å². The molecular weight excluding hydrogens is 232 g/mol. The lowest BCUT2D eigenvalue weighted by Crippen LogP contribution is -2.02. The van der Waals surface area contributed by atoms with E-state index in [9.17, 15) is 4.79 Å². The Kier molecular flexibility index (Phi) is 2.83. The summed E-state index contributed by atoms with van der Waals surface area (Å²) in [7, 11) is 0. The van der Waals surface area contributed by atoms with Gasteiger partial charge in [-0.25, -0.2) is 0 Å². The molecule has 0 saturated heterocycles. The summed E-state index contributed by atoms with van der Waals surface area (Å²) in [5.74, 6) is 0.392. The minimum Gasteiger partial charge on any atom is -0.294 e. The molecule has 2 aromatic rings. The summed E-state index contributed by atoms with van der Waals surface area (Å²) in [5, 5.41) is 0. The molecule has 0 N–H and O–H groups in total. The van der Waals surface area contributed by atoms with Crippen molar-refractivity contribution >= 4 is 11.9 Å². The first kappa shape index (κ1) is 11.9. The van der Waals surface area contributed by atoms with E-state index in [1.807, 2.05) is 25.1 Å². The monoisotopic (exact) mass is 248 g/mol. The summed E-state index contributed by atoms with van der Waals surface area (Å²) in [6.07, 6.45) is 2.69. The predicted molar refractivity (Wildman–Crippen MR) is 79.2 cm³/mol. The minimum absolute atomic E-state index is 0.114. The second-order valence-corrected chi connectivity index (χ2v) is 5.13. The third-order valence-corrected chi connectivity index (χ3v) is 3.86. The maximum atomic E-state index is 12.1. The van der Waals surface area contributed by atoms with Crippen molar-refractivity contribution in [2.45, 2.75) is 13.3 Å². The van der Waals surface area contributed by atoms with Crippen molar-refractivity contribution < 1.29 is 4.79 Å². The van der Waals surface area contributed by atoms with Crippen LogP contribution in [0.25, 0.3) is 17.2 Å². The molecule has 94 valence electrons. The summed E-state index contributed by atoms with van der Waals surface area (Å²) < 4.78 is 0. The Balaban J connectivity index is 2.11. The predicted octanol–water partition coefficient (Wildman–Crippen LogP) is 4.37. The van der Waals surface area contributed by atoms with E-state index in [0.29, 0.717) is 0 Å². The molecule has 3 rings (SSSR count). The third kappa shape index (κ3) is 1.91. The van der Waals surface area contributed by atoms with Crippen molar-refractivity contribution in [3.63, 3.8) is 0 Å². The van der Waals surface area contributed by atoms with Gasteiger partial charge in [0.1, 0.15) is 0 Å². The first-order chi connectivity index (χ1) is 9.20. The molecule has 1 heteroatoms. The van der Waals surface area contributed by atoms with Crippen molar-refractivity contribution in [1.29, 1.82) is 0 Å². The molecular formula is C18H16O. The molecule has 0 spiro atoms. The number of ketones is 1. The number of hydrogen-bond donors (Lipinski definition) is 0. The van der Waals surface area contributed by atoms with Crippen molar-refractivity contribution in [2.75, 3.05) is 0 Å². The number of fused-ring (bicyclic) bond motifs is 1. The first-order valence-electron chi connectivity index (χ1n) is 6.59. The molecule has 2 aromatic carbocycles. The smallest absolute Gasteiger partial charge is 0.166 e. The molecule has 0 bridgehead atoms. The van der Waals surface area contributed by atoms with Gasteiger partial charge in [0.15, 0.2) is 5.78 Å². The topological polar surface area (TPSA) is 17.1 Å². The molecule has 0 aliphatic heterocycles. The van der Waals surface area contributed by atoms with Gasteiger partial charge >= 0.3 is 0 Å². The lowest BCUT2D eigenvalue weighted by Gasteiger charge is -2.08. The van der Waals surface area contributed by atoms with Gasteiger partial charge in [-0.3, -0.25) is 4.79 Å². The van der Waals surface area contributed by atoms with Gasteiger partial charge in [-0.15, -0.1) is 0 Å². The molecule has 0 fully saturated rings. The van der Waals surface area contributed by atoms with Crippen LogP contribution in [-0.2, 0) is 6.42 Å². The van der Waals surface area contributed by atoms with Crippen LogP contribution in [0.15, 0.2) is 49.0 Å². The number of hydrogen-bond acceptors (Lipinski definition) is 1. The Labute approximate surface area is 113 Å². The highest BCUT2D eigenvalue weighted by Crippen LogP contribution is 2.34. The first-order valence-corrected chi connectivity index (χ1v) is 6.59. The fourth-order valence-corrected chi connectivity index (χ4v) is 2.77. The molecule has 0 amide bonds. The van der Waals surface area contributed by atoms with Crippen LogP contribution in [0, 0.1) is 5.92 Å². The molecule has 0 heterocycles. The second kappa shape index (κ2) is 4.51. The SMILES string of the molecule is C=Cc1ccc(-c2cccc3c2CC(C)C3=O)cc1. The largest absolute Gasteiger partial charge is 0.294 e. The van der Waals surface area contributed by atoms with E-state index >= 15 is 0 Å². The van der Waals surface area contributed by atoms with Crippen molar-refractivity contribution in [3.05, 3.63) is 65.7 Å². The highest BCUT2D eigenvalue weighted by Gasteiger charge is 2.28. The van der Waals surface area contributed by atoms with Crippen LogP contribution in [0.1, 0.15) is 28.4 Å². The summed E-state index contributed by atoms with van der Waals surface area (Å²) in [6, 6.07) is 14.3. The Hall–Kier alpha value is -2.15. The Morgan fingerprint density at radius 2 is 1.79 bits per heavy atom. The highest BCUT2D eigenvalue weighted by atomic mass is 16.1. The van der Waals surface area contributed by atoms with Gasteiger partial charge in [0.05, 0.1) is 0 Å². The Bertz CT molecular complexity index is 650. The maximum absolute atomic E-state index is 12.1. The van der Waals surface area contributed by atoms with Gasteiger partial charge in [-0.2, -0.15) is 0 Å². The van der Waals surface area contributed by atoms with Gasteiger partial charge in [0, 0.05) is 11.5 Å². The molecule has 1 aliphatic rings. The zero-order valence-corrected chi connectivity index (χ0v) is 11.0. The average molecular weight is 248 g/mol. The number of rotatable bonds is 2. The van der Waals surface area contributed by atoms with Crippen molar-refractivity contribution in [1.82, 2.24) is 0 Å². The number of carbonyl (C=O) groups excluding carboxylic acids is 1. The van der Waals surface area contributed by atoms with Crippen LogP contribution in [0.5, 0.6) is 0 Å². The molecule has 1 atom stereocenters. The lowest BCUT2D eigenvalue weighted by molar-refractivity contribution is 0.0946. The normalized spacial score (nSPS) is 17.3. The fraction of sp³-hybridized carbons (Fsp3) is 0.167. The standard InChI is InChI=1S/C18H16O/c1-3-13-7-9-14(10-8-13)15-5-4-6-16-17(15)11-12(2)18(16)19/h3-10,12H,1,11H2,2H3. The molecule has 0 saturated carbocycles. The van der Waals surface area contributed by atoms with E-state index in [2.05, 4.69) is 36.9 Å². The van der Waals surface area contributed by atoms with Crippen LogP contribution in [-0.4, -0.2) is 5.78 Å². The quantitative estimate of drug-likeness (QED) is 0.771. The molecule has 1 nitrogen and oxygen atoms in total. The van der Waals surface area contributed by atoms with Crippen LogP contribution in [0.4, 0.5) is 0 Å². The van der Waals surface area contributed by atoms with Crippen LogP contribution < -0.4 is 0 Å². The Morgan fingerprint density at radius 3 is 2.47 bits per heavy atom. The molecule has 1 aliphatic carbocycles. The summed E-state index contributed by atoms with van der Waals surface area (Å²) in [4.78, 5) is 12.1. The fourth-order valence-electron chi connectivity index (χ4n) is 2.77. The highest BCUT2D eigenvalue weighted by molar-refractivity contribution is 6.03. The van der Waals surface area contributed by atoms with Gasteiger partial charge in [0.25, 0.3) is 0 Å². The summed E-state index contributed by atoms with van der Waals surface area (Å²) in [5.41, 5.74) is 5.57. The van der Waals surface area contributed by atoms with Gasteiger partial charge in [0.2, 0.25) is 0 Å². The van der Waals surface area contributed by atoms with Crippen molar-refractivity contribution in [3.8, 4) is 11.1 Å². The van der Waals surface area contributed by atoms with E-state index in [-0.39, 0.29) is 11.7 Å². The van der Waals surface area contributed by atoms with Crippen LogP contribution in [0.2, 0.25) is 0 Å². The van der Waals surface area contributed by atoms with Gasteiger partial charge < -0.3 is 0 Å². The minimum atomic E-state index is 0.114. The third-order valence-electron chi connectivity index (χ3n) is 3.86. The van der Waals surface area contributed by atoms with Gasteiger partial charge in [-0.05, 0) is 28.7 Å². The van der Waals surface area contributed by atoms with E-state index in [0.717, 1.165) is 17.5 Å².